The summed E-state index contributed by atoms with van der Waals surface area (Å²) in [7, 11) is 0. The molecule has 1 aliphatic rings. The third-order valence-electron chi connectivity index (χ3n) is 0.878. The molecule has 56 valence electrons. The quantitative estimate of drug-likeness (QED) is 0.447. The molecule has 0 heterocycles. The Hall–Kier alpha value is -1.04. The fourth-order valence-electron chi connectivity index (χ4n) is 0.542. The molecule has 0 nitrogen and oxygen atoms in total. The zero-order valence-electron chi connectivity index (χ0n) is 6.55. The van der Waals surface area contributed by atoms with E-state index in [0.717, 1.165) is 12.8 Å². The van der Waals surface area contributed by atoms with Crippen LogP contribution in [0.5, 0.6) is 0 Å². The zero-order chi connectivity index (χ0) is 8.24. The molecule has 0 aromatic rings. The van der Waals surface area contributed by atoms with Crippen LogP contribution in [-0.4, -0.2) is 0 Å². The molecule has 1 aliphatic carbocycles. The Labute approximate surface area is 64.3 Å². The van der Waals surface area contributed by atoms with Gasteiger partial charge < -0.3 is 0 Å². The third kappa shape index (κ3) is 10.0. The zero-order valence-corrected chi connectivity index (χ0v) is 6.55. The van der Waals surface area contributed by atoms with Gasteiger partial charge in [0.05, 0.1) is 0 Å². The summed E-state index contributed by atoms with van der Waals surface area (Å²) in [5, 5.41) is 0. The van der Waals surface area contributed by atoms with E-state index in [4.69, 9.17) is 0 Å². The van der Waals surface area contributed by atoms with Gasteiger partial charge in [-0.25, -0.2) is 0 Å². The van der Waals surface area contributed by atoms with Crippen molar-refractivity contribution in [3.8, 4) is 0 Å². The van der Waals surface area contributed by atoms with Crippen LogP contribution in [0.2, 0.25) is 0 Å². The maximum Gasteiger partial charge on any atom is -0.0169 e. The van der Waals surface area contributed by atoms with Crippen LogP contribution in [0.25, 0.3) is 0 Å². The lowest BCUT2D eigenvalue weighted by molar-refractivity contribution is 1.23. The number of rotatable bonds is 0. The summed E-state index contributed by atoms with van der Waals surface area (Å²) in [4.78, 5) is 0. The average molecular weight is 136 g/mol. The van der Waals surface area contributed by atoms with Gasteiger partial charge in [-0.1, -0.05) is 24.3 Å². The lowest BCUT2D eigenvalue weighted by atomic mass is 10.2. The smallest absolute Gasteiger partial charge is 0.0169 e. The molecule has 0 aliphatic heterocycles. The minimum Gasteiger partial charge on any atom is -0.106 e. The molecule has 0 fully saturated rings. The first-order valence-corrected chi connectivity index (χ1v) is 3.30. The molecule has 0 spiro atoms. The van der Waals surface area contributed by atoms with Crippen molar-refractivity contribution in [2.24, 2.45) is 0 Å². The molecule has 1 rings (SSSR count). The maximum atomic E-state index is 3.00. The molecule has 0 radical (unpaired) electrons. The Bertz CT molecular complexity index is 76.6. The Morgan fingerprint density at radius 1 is 0.600 bits per heavy atom. The van der Waals surface area contributed by atoms with Gasteiger partial charge >= 0.3 is 0 Å². The first-order valence-electron chi connectivity index (χ1n) is 3.30. The van der Waals surface area contributed by atoms with Crippen LogP contribution in [0.3, 0.4) is 0 Å². The van der Waals surface area contributed by atoms with Crippen molar-refractivity contribution in [1.82, 2.24) is 0 Å². The monoisotopic (exact) mass is 136 g/mol. The first-order chi connectivity index (χ1) is 5.00. The summed E-state index contributed by atoms with van der Waals surface area (Å²) in [5.41, 5.74) is 0. The maximum absolute atomic E-state index is 3.00. The van der Waals surface area contributed by atoms with E-state index in [-0.39, 0.29) is 0 Å². The van der Waals surface area contributed by atoms with E-state index >= 15 is 0 Å². The summed E-state index contributed by atoms with van der Waals surface area (Å²) in [6, 6.07) is 0. The van der Waals surface area contributed by atoms with Crippen molar-refractivity contribution in [1.29, 1.82) is 0 Å². The second kappa shape index (κ2) is 15.7. The summed E-state index contributed by atoms with van der Waals surface area (Å²) in [6.07, 6.45) is 11.0. The van der Waals surface area contributed by atoms with Crippen molar-refractivity contribution >= 4 is 0 Å². The van der Waals surface area contributed by atoms with Crippen LogP contribution >= 0.6 is 0 Å². The van der Waals surface area contributed by atoms with Crippen molar-refractivity contribution in [2.75, 3.05) is 0 Å². The van der Waals surface area contributed by atoms with Crippen molar-refractivity contribution in [3.05, 3.63) is 50.6 Å². The molecule has 0 aromatic carbocycles. The minimum absolute atomic E-state index is 1.14. The van der Waals surface area contributed by atoms with E-state index in [1.165, 1.54) is 0 Å². The lowest BCUT2D eigenvalue weighted by Gasteiger charge is -1.87. The Kier molecular flexibility index (Phi) is 18.4. The van der Waals surface area contributed by atoms with Gasteiger partial charge in [-0.3, -0.25) is 0 Å². The predicted molar refractivity (Wildman–Crippen MR) is 50.0 cm³/mol. The van der Waals surface area contributed by atoms with Crippen LogP contribution in [0.1, 0.15) is 12.8 Å². The standard InChI is InChI=1S/C6H8.2C2H4/c1-2-4-6-5-3-1;2*1-2/h1-2,5-6H,3-4H2;2*1-2H2. The predicted octanol–water partition coefficient (Wildman–Crippen LogP) is 3.50. The van der Waals surface area contributed by atoms with Crippen molar-refractivity contribution in [2.45, 2.75) is 12.8 Å². The van der Waals surface area contributed by atoms with Crippen LogP contribution in [0.4, 0.5) is 0 Å². The van der Waals surface area contributed by atoms with E-state index in [9.17, 15) is 0 Å². The molecule has 10 heavy (non-hydrogen) atoms. The third-order valence-corrected chi connectivity index (χ3v) is 0.878. The average Bonchev–Trinajstić information content (AvgIpc) is 2.14. The van der Waals surface area contributed by atoms with Crippen molar-refractivity contribution in [3.63, 3.8) is 0 Å². The second-order valence-corrected chi connectivity index (χ2v) is 1.41. The normalized spacial score (nSPS) is 12.0. The SMILES string of the molecule is C1=CCC=CC1.C=C.C=C. The lowest BCUT2D eigenvalue weighted by Crippen LogP contribution is -1.66. The van der Waals surface area contributed by atoms with E-state index in [0.29, 0.717) is 0 Å². The van der Waals surface area contributed by atoms with Gasteiger partial charge in [0.25, 0.3) is 0 Å². The topological polar surface area (TPSA) is 0 Å². The Balaban J connectivity index is 0. The number of hydrogen-bond donors (Lipinski definition) is 0. The minimum atomic E-state index is 1.14. The fourth-order valence-corrected chi connectivity index (χ4v) is 0.542. The summed E-state index contributed by atoms with van der Waals surface area (Å²) in [6.45, 7) is 12.0. The van der Waals surface area contributed by atoms with Gasteiger partial charge in [-0.15, -0.1) is 26.3 Å². The van der Waals surface area contributed by atoms with Gasteiger partial charge in [0.1, 0.15) is 0 Å². The molecule has 0 amide bonds. The summed E-state index contributed by atoms with van der Waals surface area (Å²) >= 11 is 0. The summed E-state index contributed by atoms with van der Waals surface area (Å²) < 4.78 is 0. The first kappa shape index (κ1) is 11.7. The number of allylic oxidation sites excluding steroid dienone is 4. The highest BCUT2D eigenvalue weighted by Gasteiger charge is 1.76. The molecule has 0 saturated heterocycles. The molecular weight excluding hydrogens is 120 g/mol. The molecule has 0 bridgehead atoms. The molecule has 0 atom stereocenters. The van der Waals surface area contributed by atoms with E-state index in [1.807, 2.05) is 0 Å². The van der Waals surface area contributed by atoms with Crippen LogP contribution in [0, 0.1) is 0 Å². The largest absolute Gasteiger partial charge is 0.106 e. The highest BCUT2D eigenvalue weighted by Crippen LogP contribution is 1.97. The van der Waals surface area contributed by atoms with Gasteiger partial charge in [0.15, 0.2) is 0 Å². The number of hydrogen-bond acceptors (Lipinski definition) is 0. The fraction of sp³-hybridized carbons (Fsp3) is 0.200. The van der Waals surface area contributed by atoms with Gasteiger partial charge in [-0.2, -0.15) is 0 Å². The Morgan fingerprint density at radius 3 is 0.900 bits per heavy atom. The second-order valence-electron chi connectivity index (χ2n) is 1.41. The highest BCUT2D eigenvalue weighted by molar-refractivity contribution is 5.02. The van der Waals surface area contributed by atoms with Crippen LogP contribution in [0.15, 0.2) is 50.6 Å². The molecular formula is C10H16. The van der Waals surface area contributed by atoms with Crippen LogP contribution in [-0.2, 0) is 0 Å². The van der Waals surface area contributed by atoms with Crippen molar-refractivity contribution < 1.29 is 0 Å². The van der Waals surface area contributed by atoms with E-state index in [2.05, 4.69) is 50.6 Å². The summed E-state index contributed by atoms with van der Waals surface area (Å²) in [5.74, 6) is 0. The molecule has 0 heteroatoms. The molecule has 0 unspecified atom stereocenters. The van der Waals surface area contributed by atoms with Gasteiger partial charge in [-0.05, 0) is 12.8 Å². The van der Waals surface area contributed by atoms with E-state index in [1.54, 1.807) is 0 Å². The van der Waals surface area contributed by atoms with E-state index < -0.39 is 0 Å². The Morgan fingerprint density at radius 2 is 0.800 bits per heavy atom. The molecule has 0 N–H and O–H groups in total. The van der Waals surface area contributed by atoms with Gasteiger partial charge in [0, 0.05) is 0 Å². The highest BCUT2D eigenvalue weighted by atomic mass is 13.8. The van der Waals surface area contributed by atoms with Gasteiger partial charge in [0.2, 0.25) is 0 Å². The van der Waals surface area contributed by atoms with Crippen LogP contribution < -0.4 is 0 Å². The molecule has 0 saturated carbocycles. The molecule has 0 aromatic heterocycles.